The van der Waals surface area contributed by atoms with Gasteiger partial charge in [-0.1, -0.05) is 0 Å². The fraction of sp³-hybridized carbons (Fsp3) is 0.769. The Morgan fingerprint density at radius 3 is 2.71 bits per heavy atom. The number of morpholine rings is 1. The summed E-state index contributed by atoms with van der Waals surface area (Å²) >= 11 is 0. The monoisotopic (exact) mass is 299 g/mol. The second kappa shape index (κ2) is 6.75. The number of ether oxygens (including phenoxy) is 1. The minimum atomic E-state index is -0.975. The third kappa shape index (κ3) is 4.59. The number of carboxylic acid groups (broad SMARTS) is 1. The first-order chi connectivity index (χ1) is 9.97. The van der Waals surface area contributed by atoms with Crippen LogP contribution in [0.2, 0.25) is 0 Å². The molecule has 1 saturated heterocycles. The maximum atomic E-state index is 12.4. The van der Waals surface area contributed by atoms with Crippen molar-refractivity contribution in [1.29, 1.82) is 0 Å². The molecular formula is C13H21N3O5. The average Bonchev–Trinajstić information content (AvgIpc) is 3.21. The summed E-state index contributed by atoms with van der Waals surface area (Å²) in [6.45, 7) is 0.905. The lowest BCUT2D eigenvalue weighted by Gasteiger charge is -2.37. The van der Waals surface area contributed by atoms with E-state index in [0.717, 1.165) is 12.8 Å². The fourth-order valence-electron chi connectivity index (χ4n) is 2.28. The lowest BCUT2D eigenvalue weighted by atomic mass is 10.1. The van der Waals surface area contributed by atoms with Crippen molar-refractivity contribution in [3.05, 3.63) is 0 Å². The van der Waals surface area contributed by atoms with E-state index in [1.54, 1.807) is 7.05 Å². The number of amides is 3. The minimum absolute atomic E-state index is 0.0213. The van der Waals surface area contributed by atoms with E-state index in [0.29, 0.717) is 13.2 Å². The largest absolute Gasteiger partial charge is 0.481 e. The number of aliphatic carboxylic acids is 1. The van der Waals surface area contributed by atoms with Crippen LogP contribution in [0.25, 0.3) is 0 Å². The first-order valence-corrected chi connectivity index (χ1v) is 7.08. The summed E-state index contributed by atoms with van der Waals surface area (Å²) in [6.07, 6.45) is 1.83. The Labute approximate surface area is 123 Å². The summed E-state index contributed by atoms with van der Waals surface area (Å²) in [5, 5.41) is 11.7. The second-order valence-electron chi connectivity index (χ2n) is 5.50. The van der Waals surface area contributed by atoms with Gasteiger partial charge in [0.25, 0.3) is 0 Å². The third-order valence-electron chi connectivity index (χ3n) is 3.53. The highest BCUT2D eigenvalue weighted by Crippen LogP contribution is 2.18. The van der Waals surface area contributed by atoms with Crippen molar-refractivity contribution >= 4 is 17.9 Å². The number of carbonyl (C=O) groups excluding carboxylic acids is 2. The van der Waals surface area contributed by atoms with Gasteiger partial charge in [0.2, 0.25) is 5.91 Å². The molecule has 1 aliphatic heterocycles. The summed E-state index contributed by atoms with van der Waals surface area (Å²) in [5.74, 6) is -1.16. The fourth-order valence-corrected chi connectivity index (χ4v) is 2.28. The standard InChI is InChI=1S/C13H21N3O5/c1-15(7-11(17)14-9-2-3-9)13(20)16-4-5-21-8-10(16)6-12(18)19/h9-10H,2-8H2,1H3,(H,14,17)(H,18,19). The summed E-state index contributed by atoms with van der Waals surface area (Å²) in [6, 6.07) is -0.572. The van der Waals surface area contributed by atoms with Gasteiger partial charge in [-0.05, 0) is 12.8 Å². The molecule has 0 aromatic rings. The molecule has 0 spiro atoms. The molecule has 1 heterocycles. The van der Waals surface area contributed by atoms with Crippen LogP contribution in [0.15, 0.2) is 0 Å². The number of nitrogens with zero attached hydrogens (tertiary/aromatic N) is 2. The molecule has 2 rings (SSSR count). The van der Waals surface area contributed by atoms with Crippen LogP contribution in [0.5, 0.6) is 0 Å². The molecule has 1 saturated carbocycles. The van der Waals surface area contributed by atoms with E-state index in [1.807, 2.05) is 0 Å². The van der Waals surface area contributed by atoms with Crippen LogP contribution in [0, 0.1) is 0 Å². The molecule has 1 atom stereocenters. The number of nitrogens with one attached hydrogen (secondary N) is 1. The molecule has 0 bridgehead atoms. The Hall–Kier alpha value is -1.83. The van der Waals surface area contributed by atoms with Crippen LogP contribution < -0.4 is 5.32 Å². The molecule has 1 unspecified atom stereocenters. The third-order valence-corrected chi connectivity index (χ3v) is 3.53. The Morgan fingerprint density at radius 1 is 1.38 bits per heavy atom. The number of carboxylic acids is 1. The molecule has 2 aliphatic rings. The van der Waals surface area contributed by atoms with Gasteiger partial charge in [-0.3, -0.25) is 9.59 Å². The van der Waals surface area contributed by atoms with Crippen LogP contribution in [-0.4, -0.2) is 78.2 Å². The van der Waals surface area contributed by atoms with Crippen LogP contribution in [0.3, 0.4) is 0 Å². The Morgan fingerprint density at radius 2 is 2.10 bits per heavy atom. The predicted molar refractivity (Wildman–Crippen MR) is 72.8 cm³/mol. The highest BCUT2D eigenvalue weighted by Gasteiger charge is 2.32. The van der Waals surface area contributed by atoms with E-state index in [-0.39, 0.29) is 37.6 Å². The zero-order chi connectivity index (χ0) is 15.4. The molecule has 118 valence electrons. The maximum absolute atomic E-state index is 12.4. The highest BCUT2D eigenvalue weighted by atomic mass is 16.5. The number of carbonyl (C=O) groups is 3. The molecule has 8 heteroatoms. The van der Waals surface area contributed by atoms with Gasteiger partial charge in [-0.2, -0.15) is 0 Å². The maximum Gasteiger partial charge on any atom is 0.320 e. The molecule has 0 aromatic heterocycles. The second-order valence-corrected chi connectivity index (χ2v) is 5.50. The van der Waals surface area contributed by atoms with Gasteiger partial charge in [-0.25, -0.2) is 4.79 Å². The van der Waals surface area contributed by atoms with Crippen LogP contribution in [0.4, 0.5) is 4.79 Å². The van der Waals surface area contributed by atoms with Gasteiger partial charge in [-0.15, -0.1) is 0 Å². The number of urea groups is 1. The van der Waals surface area contributed by atoms with Gasteiger partial charge in [0, 0.05) is 19.6 Å². The van der Waals surface area contributed by atoms with Crippen molar-refractivity contribution < 1.29 is 24.2 Å². The van der Waals surface area contributed by atoms with E-state index in [4.69, 9.17) is 9.84 Å². The van der Waals surface area contributed by atoms with Crippen molar-refractivity contribution in [2.75, 3.05) is 33.4 Å². The summed E-state index contributed by atoms with van der Waals surface area (Å²) in [4.78, 5) is 37.7. The lowest BCUT2D eigenvalue weighted by molar-refractivity contribution is -0.139. The van der Waals surface area contributed by atoms with E-state index in [1.165, 1.54) is 9.80 Å². The molecule has 3 amide bonds. The van der Waals surface area contributed by atoms with Crippen LogP contribution >= 0.6 is 0 Å². The van der Waals surface area contributed by atoms with E-state index < -0.39 is 12.0 Å². The molecule has 1 aliphatic carbocycles. The highest BCUT2D eigenvalue weighted by molar-refractivity contribution is 5.84. The van der Waals surface area contributed by atoms with Crippen molar-refractivity contribution in [1.82, 2.24) is 15.1 Å². The van der Waals surface area contributed by atoms with Gasteiger partial charge >= 0.3 is 12.0 Å². The minimum Gasteiger partial charge on any atom is -0.481 e. The molecule has 0 radical (unpaired) electrons. The normalized spacial score (nSPS) is 21.8. The molecule has 21 heavy (non-hydrogen) atoms. The molecule has 2 N–H and O–H groups in total. The number of rotatable bonds is 5. The van der Waals surface area contributed by atoms with Gasteiger partial charge in [0.1, 0.15) is 6.54 Å². The van der Waals surface area contributed by atoms with Gasteiger partial charge in [0.15, 0.2) is 0 Å². The number of hydrogen-bond donors (Lipinski definition) is 2. The summed E-state index contributed by atoms with van der Waals surface area (Å²) < 4.78 is 5.23. The van der Waals surface area contributed by atoms with Crippen molar-refractivity contribution in [3.8, 4) is 0 Å². The lowest BCUT2D eigenvalue weighted by Crippen LogP contribution is -2.54. The van der Waals surface area contributed by atoms with Crippen molar-refractivity contribution in [2.45, 2.75) is 31.3 Å². The Balaban J connectivity index is 1.88. The molecule has 8 nitrogen and oxygen atoms in total. The predicted octanol–water partition coefficient (Wildman–Crippen LogP) is -0.508. The SMILES string of the molecule is CN(CC(=O)NC1CC1)C(=O)N1CCOCC1CC(=O)O. The number of likely N-dealkylation sites (N-methyl/N-ethyl adjacent to an activating group) is 1. The first kappa shape index (κ1) is 15.6. The van der Waals surface area contributed by atoms with E-state index in [9.17, 15) is 14.4 Å². The van der Waals surface area contributed by atoms with Crippen LogP contribution in [-0.2, 0) is 14.3 Å². The molecular weight excluding hydrogens is 278 g/mol. The van der Waals surface area contributed by atoms with Crippen molar-refractivity contribution in [2.24, 2.45) is 0 Å². The summed E-state index contributed by atoms with van der Waals surface area (Å²) in [5.41, 5.74) is 0. The quantitative estimate of drug-likeness (QED) is 0.712. The molecule has 2 fully saturated rings. The topological polar surface area (TPSA) is 99.2 Å². The zero-order valence-electron chi connectivity index (χ0n) is 12.1. The zero-order valence-corrected chi connectivity index (χ0v) is 12.1. The number of hydrogen-bond acceptors (Lipinski definition) is 4. The first-order valence-electron chi connectivity index (χ1n) is 7.08. The van der Waals surface area contributed by atoms with Gasteiger partial charge in [0.05, 0.1) is 25.7 Å². The molecule has 0 aromatic carbocycles. The summed E-state index contributed by atoms with van der Waals surface area (Å²) in [7, 11) is 1.54. The van der Waals surface area contributed by atoms with Crippen molar-refractivity contribution in [3.63, 3.8) is 0 Å². The Bertz CT molecular complexity index is 424. The van der Waals surface area contributed by atoms with Crippen LogP contribution in [0.1, 0.15) is 19.3 Å². The smallest absolute Gasteiger partial charge is 0.320 e. The van der Waals surface area contributed by atoms with Gasteiger partial charge < -0.3 is 25.0 Å². The Kier molecular flexibility index (Phi) is 5.00. The average molecular weight is 299 g/mol. The van der Waals surface area contributed by atoms with E-state index >= 15 is 0 Å². The van der Waals surface area contributed by atoms with E-state index in [2.05, 4.69) is 5.32 Å².